The summed E-state index contributed by atoms with van der Waals surface area (Å²) in [5, 5.41) is 14.2. The average molecular weight is 324 g/mol. The first kappa shape index (κ1) is 15.6. The summed E-state index contributed by atoms with van der Waals surface area (Å²) in [7, 11) is 1.75. The van der Waals surface area contributed by atoms with E-state index < -0.39 is 0 Å². The summed E-state index contributed by atoms with van der Waals surface area (Å²) in [5.74, 6) is 0.633. The van der Waals surface area contributed by atoms with Gasteiger partial charge < -0.3 is 10.1 Å². The number of hydrogen-bond donors (Lipinski definition) is 1. The molecule has 1 amide bonds. The van der Waals surface area contributed by atoms with Gasteiger partial charge in [-0.15, -0.1) is 5.10 Å². The Labute approximate surface area is 138 Å². The molecular formula is C16H16N6O2. The number of tetrazole rings is 1. The van der Waals surface area contributed by atoms with Crippen LogP contribution in [0.2, 0.25) is 0 Å². The van der Waals surface area contributed by atoms with Gasteiger partial charge in [0.2, 0.25) is 5.88 Å². The smallest absolute Gasteiger partial charge is 0.261 e. The van der Waals surface area contributed by atoms with E-state index in [9.17, 15) is 4.79 Å². The lowest BCUT2D eigenvalue weighted by Gasteiger charge is -2.10. The molecule has 1 aromatic carbocycles. The van der Waals surface area contributed by atoms with Crippen LogP contribution in [0.25, 0.3) is 11.4 Å². The van der Waals surface area contributed by atoms with E-state index in [1.165, 1.54) is 0 Å². The SMILES string of the molecule is CCOc1ncccc1C(=O)Nc1cccc(-c2nnnn2C)c1. The van der Waals surface area contributed by atoms with E-state index in [1.54, 1.807) is 42.2 Å². The zero-order chi connectivity index (χ0) is 16.9. The van der Waals surface area contributed by atoms with E-state index in [-0.39, 0.29) is 5.91 Å². The van der Waals surface area contributed by atoms with Crippen LogP contribution in [-0.2, 0) is 7.05 Å². The van der Waals surface area contributed by atoms with Gasteiger partial charge in [-0.1, -0.05) is 12.1 Å². The largest absolute Gasteiger partial charge is 0.477 e. The fourth-order valence-electron chi connectivity index (χ4n) is 2.22. The van der Waals surface area contributed by atoms with E-state index in [2.05, 4.69) is 25.8 Å². The minimum Gasteiger partial charge on any atom is -0.477 e. The highest BCUT2D eigenvalue weighted by Crippen LogP contribution is 2.21. The molecule has 0 spiro atoms. The molecule has 2 heterocycles. The number of pyridine rings is 1. The number of benzene rings is 1. The molecule has 0 saturated heterocycles. The van der Waals surface area contributed by atoms with E-state index in [0.717, 1.165) is 5.56 Å². The highest BCUT2D eigenvalue weighted by molar-refractivity contribution is 6.06. The summed E-state index contributed by atoms with van der Waals surface area (Å²) in [4.78, 5) is 16.6. The highest BCUT2D eigenvalue weighted by atomic mass is 16.5. The monoisotopic (exact) mass is 324 g/mol. The highest BCUT2D eigenvalue weighted by Gasteiger charge is 2.14. The normalized spacial score (nSPS) is 10.4. The zero-order valence-electron chi connectivity index (χ0n) is 13.3. The van der Waals surface area contributed by atoms with Crippen LogP contribution in [0, 0.1) is 0 Å². The van der Waals surface area contributed by atoms with Crippen molar-refractivity contribution in [3.8, 4) is 17.3 Å². The Balaban J connectivity index is 1.84. The van der Waals surface area contributed by atoms with Crippen molar-refractivity contribution in [2.45, 2.75) is 6.92 Å². The lowest BCUT2D eigenvalue weighted by molar-refractivity contribution is 0.102. The van der Waals surface area contributed by atoms with Crippen LogP contribution in [0.3, 0.4) is 0 Å². The molecule has 0 aliphatic rings. The molecular weight excluding hydrogens is 308 g/mol. The number of anilines is 1. The minimum absolute atomic E-state index is 0.292. The Morgan fingerprint density at radius 2 is 2.17 bits per heavy atom. The van der Waals surface area contributed by atoms with Crippen molar-refractivity contribution in [1.82, 2.24) is 25.2 Å². The van der Waals surface area contributed by atoms with Crippen molar-refractivity contribution in [3.05, 3.63) is 48.2 Å². The maximum atomic E-state index is 12.5. The molecule has 0 aliphatic heterocycles. The number of aryl methyl sites for hydroxylation is 1. The van der Waals surface area contributed by atoms with Gasteiger partial charge in [0, 0.05) is 24.5 Å². The third-order valence-electron chi connectivity index (χ3n) is 3.30. The number of amides is 1. The van der Waals surface area contributed by atoms with Crippen molar-refractivity contribution >= 4 is 11.6 Å². The van der Waals surface area contributed by atoms with Crippen LogP contribution in [0.1, 0.15) is 17.3 Å². The number of ether oxygens (including phenoxy) is 1. The van der Waals surface area contributed by atoms with Gasteiger partial charge in [0.1, 0.15) is 5.56 Å². The first-order valence-corrected chi connectivity index (χ1v) is 7.41. The average Bonchev–Trinajstić information content (AvgIpc) is 3.02. The molecule has 0 atom stereocenters. The van der Waals surface area contributed by atoms with Gasteiger partial charge in [0.15, 0.2) is 5.82 Å². The predicted octanol–water partition coefficient (Wildman–Crippen LogP) is 1.92. The van der Waals surface area contributed by atoms with Crippen LogP contribution >= 0.6 is 0 Å². The Morgan fingerprint density at radius 1 is 1.29 bits per heavy atom. The topological polar surface area (TPSA) is 94.8 Å². The maximum Gasteiger partial charge on any atom is 0.261 e. The number of aromatic nitrogens is 5. The standard InChI is InChI=1S/C16H16N6O2/c1-3-24-16-13(8-5-9-17-16)15(23)18-12-7-4-6-11(10-12)14-19-20-21-22(14)2/h4-10H,3H2,1-2H3,(H,18,23). The number of nitrogens with zero attached hydrogens (tertiary/aromatic N) is 5. The molecule has 8 heteroatoms. The van der Waals surface area contributed by atoms with Crippen molar-refractivity contribution in [1.29, 1.82) is 0 Å². The van der Waals surface area contributed by atoms with Gasteiger partial charge in [-0.3, -0.25) is 4.79 Å². The minimum atomic E-state index is -0.292. The molecule has 3 aromatic rings. The first-order chi connectivity index (χ1) is 11.7. The molecule has 0 aliphatic carbocycles. The van der Waals surface area contributed by atoms with Gasteiger partial charge in [0.25, 0.3) is 5.91 Å². The quantitative estimate of drug-likeness (QED) is 0.770. The fraction of sp³-hybridized carbons (Fsp3) is 0.188. The summed E-state index contributed by atoms with van der Waals surface area (Å²) in [6, 6.07) is 10.7. The maximum absolute atomic E-state index is 12.5. The number of carbonyl (C=O) groups excluding carboxylic acids is 1. The van der Waals surface area contributed by atoms with Crippen LogP contribution in [0.4, 0.5) is 5.69 Å². The van der Waals surface area contributed by atoms with Crippen LogP contribution < -0.4 is 10.1 Å². The van der Waals surface area contributed by atoms with Gasteiger partial charge >= 0.3 is 0 Å². The van der Waals surface area contributed by atoms with Crippen molar-refractivity contribution < 1.29 is 9.53 Å². The molecule has 122 valence electrons. The van der Waals surface area contributed by atoms with Gasteiger partial charge in [0.05, 0.1) is 6.61 Å². The van der Waals surface area contributed by atoms with Gasteiger partial charge in [-0.25, -0.2) is 9.67 Å². The van der Waals surface area contributed by atoms with Gasteiger partial charge in [-0.05, 0) is 41.6 Å². The number of carbonyl (C=O) groups is 1. The number of rotatable bonds is 5. The Morgan fingerprint density at radius 3 is 2.92 bits per heavy atom. The number of hydrogen-bond acceptors (Lipinski definition) is 6. The van der Waals surface area contributed by atoms with Crippen molar-refractivity contribution in [3.63, 3.8) is 0 Å². The fourth-order valence-corrected chi connectivity index (χ4v) is 2.22. The molecule has 8 nitrogen and oxygen atoms in total. The van der Waals surface area contributed by atoms with E-state index in [0.29, 0.717) is 29.6 Å². The van der Waals surface area contributed by atoms with Crippen LogP contribution in [0.15, 0.2) is 42.6 Å². The van der Waals surface area contributed by atoms with Crippen LogP contribution in [-0.4, -0.2) is 37.7 Å². The molecule has 0 saturated carbocycles. The lowest BCUT2D eigenvalue weighted by Crippen LogP contribution is -2.14. The Hall–Kier alpha value is -3.29. The summed E-state index contributed by atoms with van der Waals surface area (Å²) in [5.41, 5.74) is 1.81. The summed E-state index contributed by atoms with van der Waals surface area (Å²) in [6.07, 6.45) is 1.59. The second-order valence-corrected chi connectivity index (χ2v) is 4.95. The molecule has 24 heavy (non-hydrogen) atoms. The lowest BCUT2D eigenvalue weighted by atomic mass is 10.1. The zero-order valence-corrected chi connectivity index (χ0v) is 13.3. The first-order valence-electron chi connectivity index (χ1n) is 7.41. The van der Waals surface area contributed by atoms with E-state index in [4.69, 9.17) is 4.74 Å². The van der Waals surface area contributed by atoms with Crippen LogP contribution in [0.5, 0.6) is 5.88 Å². The molecule has 0 bridgehead atoms. The molecule has 0 fully saturated rings. The molecule has 1 N–H and O–H groups in total. The van der Waals surface area contributed by atoms with Crippen molar-refractivity contribution in [2.24, 2.45) is 7.05 Å². The third-order valence-corrected chi connectivity index (χ3v) is 3.30. The van der Waals surface area contributed by atoms with E-state index in [1.807, 2.05) is 19.1 Å². The predicted molar refractivity (Wildman–Crippen MR) is 87.6 cm³/mol. The molecule has 3 rings (SSSR count). The second kappa shape index (κ2) is 6.86. The molecule has 0 radical (unpaired) electrons. The van der Waals surface area contributed by atoms with Crippen molar-refractivity contribution in [2.75, 3.05) is 11.9 Å². The number of nitrogens with one attached hydrogen (secondary N) is 1. The summed E-state index contributed by atoms with van der Waals surface area (Å²) >= 11 is 0. The Bertz CT molecular complexity index is 861. The van der Waals surface area contributed by atoms with Gasteiger partial charge in [-0.2, -0.15) is 0 Å². The molecule has 0 unspecified atom stereocenters. The third kappa shape index (κ3) is 3.22. The summed E-state index contributed by atoms with van der Waals surface area (Å²) < 4.78 is 6.96. The second-order valence-electron chi connectivity index (χ2n) is 4.95. The summed E-state index contributed by atoms with van der Waals surface area (Å²) in [6.45, 7) is 2.28. The Kier molecular flexibility index (Phi) is 4.46. The van der Waals surface area contributed by atoms with E-state index >= 15 is 0 Å². The molecule has 2 aromatic heterocycles.